The molecular formula is C10H19N3. The van der Waals surface area contributed by atoms with Crippen molar-refractivity contribution in [1.82, 2.24) is 9.78 Å². The van der Waals surface area contributed by atoms with Gasteiger partial charge in [0.15, 0.2) is 0 Å². The first kappa shape index (κ1) is 10.3. The maximum absolute atomic E-state index is 5.87. The fourth-order valence-electron chi connectivity index (χ4n) is 1.32. The third-order valence-electron chi connectivity index (χ3n) is 2.68. The Morgan fingerprint density at radius 3 is 2.38 bits per heavy atom. The Hall–Kier alpha value is -0.830. The van der Waals surface area contributed by atoms with E-state index in [1.54, 1.807) is 0 Å². The van der Waals surface area contributed by atoms with E-state index in [9.17, 15) is 0 Å². The predicted octanol–water partition coefficient (Wildman–Crippen LogP) is 1.55. The van der Waals surface area contributed by atoms with Gasteiger partial charge in [-0.25, -0.2) is 0 Å². The lowest BCUT2D eigenvalue weighted by Crippen LogP contribution is -2.26. The maximum Gasteiger partial charge on any atom is 0.0625 e. The van der Waals surface area contributed by atoms with Crippen LogP contribution in [0.1, 0.15) is 30.3 Å². The summed E-state index contributed by atoms with van der Waals surface area (Å²) in [7, 11) is 0. The van der Waals surface area contributed by atoms with Gasteiger partial charge in [0.25, 0.3) is 0 Å². The summed E-state index contributed by atoms with van der Waals surface area (Å²) in [6.07, 6.45) is 0.997. The van der Waals surface area contributed by atoms with Crippen molar-refractivity contribution < 1.29 is 0 Å². The largest absolute Gasteiger partial charge is 0.326 e. The number of aromatic nitrogens is 2. The molecule has 0 bridgehead atoms. The highest BCUT2D eigenvalue weighted by Crippen LogP contribution is 2.11. The minimum absolute atomic E-state index is 0.220. The standard InChI is InChI=1S/C10H19N3/c1-5-10(11)6-13-9(4)7(2)8(3)12-13/h10H,5-6,11H2,1-4H3. The summed E-state index contributed by atoms with van der Waals surface area (Å²) < 4.78 is 2.01. The van der Waals surface area contributed by atoms with E-state index in [-0.39, 0.29) is 6.04 Å². The van der Waals surface area contributed by atoms with Crippen LogP contribution in [0.5, 0.6) is 0 Å². The molecule has 13 heavy (non-hydrogen) atoms. The van der Waals surface area contributed by atoms with Crippen molar-refractivity contribution in [3.63, 3.8) is 0 Å². The molecule has 0 fully saturated rings. The second-order valence-electron chi connectivity index (χ2n) is 3.65. The van der Waals surface area contributed by atoms with Crippen LogP contribution in [0.25, 0.3) is 0 Å². The van der Waals surface area contributed by atoms with E-state index < -0.39 is 0 Å². The third kappa shape index (κ3) is 2.10. The van der Waals surface area contributed by atoms with Gasteiger partial charge in [0, 0.05) is 11.7 Å². The molecule has 1 unspecified atom stereocenters. The Labute approximate surface area is 79.9 Å². The van der Waals surface area contributed by atoms with E-state index in [1.807, 2.05) is 11.6 Å². The molecule has 0 aromatic carbocycles. The van der Waals surface area contributed by atoms with Crippen LogP contribution in [-0.4, -0.2) is 15.8 Å². The number of aryl methyl sites for hydroxylation is 1. The zero-order valence-corrected chi connectivity index (χ0v) is 8.96. The van der Waals surface area contributed by atoms with Crippen LogP contribution in [0.15, 0.2) is 0 Å². The minimum Gasteiger partial charge on any atom is -0.326 e. The van der Waals surface area contributed by atoms with Gasteiger partial charge >= 0.3 is 0 Å². The minimum atomic E-state index is 0.220. The summed E-state index contributed by atoms with van der Waals surface area (Å²) in [4.78, 5) is 0. The van der Waals surface area contributed by atoms with Crippen LogP contribution < -0.4 is 5.73 Å². The number of nitrogens with two attached hydrogens (primary N) is 1. The summed E-state index contributed by atoms with van der Waals surface area (Å²) in [5.74, 6) is 0. The number of hydrogen-bond donors (Lipinski definition) is 1. The second-order valence-corrected chi connectivity index (χ2v) is 3.65. The summed E-state index contributed by atoms with van der Waals surface area (Å²) in [5, 5.41) is 4.43. The average molecular weight is 181 g/mol. The molecule has 0 spiro atoms. The van der Waals surface area contributed by atoms with E-state index in [2.05, 4.69) is 25.9 Å². The van der Waals surface area contributed by atoms with Crippen LogP contribution >= 0.6 is 0 Å². The fraction of sp³-hybridized carbons (Fsp3) is 0.700. The molecule has 1 heterocycles. The van der Waals surface area contributed by atoms with Gasteiger partial charge in [0.2, 0.25) is 0 Å². The molecule has 74 valence electrons. The molecule has 0 amide bonds. The summed E-state index contributed by atoms with van der Waals surface area (Å²) >= 11 is 0. The molecule has 0 aliphatic heterocycles. The van der Waals surface area contributed by atoms with Gasteiger partial charge in [-0.15, -0.1) is 0 Å². The third-order valence-corrected chi connectivity index (χ3v) is 2.68. The van der Waals surface area contributed by atoms with Crippen LogP contribution in [0, 0.1) is 20.8 Å². The quantitative estimate of drug-likeness (QED) is 0.768. The molecule has 3 nitrogen and oxygen atoms in total. The Kier molecular flexibility index (Phi) is 3.09. The van der Waals surface area contributed by atoms with Gasteiger partial charge in [0.05, 0.1) is 12.2 Å². The first-order valence-corrected chi connectivity index (χ1v) is 4.82. The fourth-order valence-corrected chi connectivity index (χ4v) is 1.32. The van der Waals surface area contributed by atoms with Gasteiger partial charge < -0.3 is 5.73 Å². The second kappa shape index (κ2) is 3.92. The molecule has 2 N–H and O–H groups in total. The van der Waals surface area contributed by atoms with Gasteiger partial charge in [-0.3, -0.25) is 4.68 Å². The molecule has 0 saturated carbocycles. The molecule has 0 saturated heterocycles. The highest BCUT2D eigenvalue weighted by atomic mass is 15.3. The summed E-state index contributed by atoms with van der Waals surface area (Å²) in [6, 6.07) is 0.220. The monoisotopic (exact) mass is 181 g/mol. The van der Waals surface area contributed by atoms with Crippen molar-refractivity contribution >= 4 is 0 Å². The van der Waals surface area contributed by atoms with Gasteiger partial charge in [-0.1, -0.05) is 6.92 Å². The molecule has 0 radical (unpaired) electrons. The SMILES string of the molecule is CCC(N)Cn1nc(C)c(C)c1C. The molecule has 1 aromatic rings. The lowest BCUT2D eigenvalue weighted by molar-refractivity contribution is 0.490. The molecule has 1 rings (SSSR count). The molecule has 1 aromatic heterocycles. The van der Waals surface area contributed by atoms with Gasteiger partial charge in [0.1, 0.15) is 0 Å². The average Bonchev–Trinajstić information content (AvgIpc) is 2.34. The van der Waals surface area contributed by atoms with Crippen LogP contribution in [0.2, 0.25) is 0 Å². The Morgan fingerprint density at radius 1 is 1.38 bits per heavy atom. The summed E-state index contributed by atoms with van der Waals surface area (Å²) in [6.45, 7) is 9.17. The Morgan fingerprint density at radius 2 is 2.00 bits per heavy atom. The highest BCUT2D eigenvalue weighted by Gasteiger charge is 2.08. The van der Waals surface area contributed by atoms with E-state index >= 15 is 0 Å². The van der Waals surface area contributed by atoms with E-state index in [4.69, 9.17) is 5.73 Å². The van der Waals surface area contributed by atoms with E-state index in [0.29, 0.717) is 0 Å². The van der Waals surface area contributed by atoms with Crippen molar-refractivity contribution in [2.45, 2.75) is 46.7 Å². The molecule has 0 aliphatic carbocycles. The van der Waals surface area contributed by atoms with Crippen LogP contribution in [0.3, 0.4) is 0 Å². The number of rotatable bonds is 3. The smallest absolute Gasteiger partial charge is 0.0625 e. The zero-order valence-electron chi connectivity index (χ0n) is 8.96. The lowest BCUT2D eigenvalue weighted by Gasteiger charge is -2.10. The van der Waals surface area contributed by atoms with Crippen molar-refractivity contribution in [3.8, 4) is 0 Å². The Bertz CT molecular complexity index is 289. The molecule has 3 heteroatoms. The van der Waals surface area contributed by atoms with E-state index in [0.717, 1.165) is 18.7 Å². The molecule has 0 aliphatic rings. The van der Waals surface area contributed by atoms with Crippen LogP contribution in [0.4, 0.5) is 0 Å². The normalized spacial score (nSPS) is 13.3. The first-order chi connectivity index (χ1) is 6.06. The highest BCUT2D eigenvalue weighted by molar-refractivity contribution is 5.22. The molecule has 1 atom stereocenters. The lowest BCUT2D eigenvalue weighted by atomic mass is 10.2. The first-order valence-electron chi connectivity index (χ1n) is 4.82. The Balaban J connectivity index is 2.83. The van der Waals surface area contributed by atoms with Crippen molar-refractivity contribution in [3.05, 3.63) is 17.0 Å². The topological polar surface area (TPSA) is 43.8 Å². The van der Waals surface area contributed by atoms with Gasteiger partial charge in [-0.05, 0) is 32.8 Å². The number of hydrogen-bond acceptors (Lipinski definition) is 2. The van der Waals surface area contributed by atoms with Crippen molar-refractivity contribution in [2.75, 3.05) is 0 Å². The van der Waals surface area contributed by atoms with Crippen molar-refractivity contribution in [1.29, 1.82) is 0 Å². The van der Waals surface area contributed by atoms with E-state index in [1.165, 1.54) is 11.3 Å². The van der Waals surface area contributed by atoms with Gasteiger partial charge in [-0.2, -0.15) is 5.10 Å². The summed E-state index contributed by atoms with van der Waals surface area (Å²) in [5.41, 5.74) is 9.50. The zero-order chi connectivity index (χ0) is 10.0. The molecular weight excluding hydrogens is 162 g/mol. The van der Waals surface area contributed by atoms with Crippen LogP contribution in [-0.2, 0) is 6.54 Å². The van der Waals surface area contributed by atoms with Crippen molar-refractivity contribution in [2.24, 2.45) is 5.73 Å². The number of nitrogens with zero attached hydrogens (tertiary/aromatic N) is 2. The maximum atomic E-state index is 5.87. The predicted molar refractivity (Wildman–Crippen MR) is 54.7 cm³/mol.